The van der Waals surface area contributed by atoms with Gasteiger partial charge in [-0.15, -0.1) is 6.73 Å². The van der Waals surface area contributed by atoms with Gasteiger partial charge in [-0.2, -0.15) is 0 Å². The molecule has 0 bridgehead atoms. The van der Waals surface area contributed by atoms with E-state index >= 15 is 0 Å². The van der Waals surface area contributed by atoms with Crippen LogP contribution in [0.1, 0.15) is 0 Å². The van der Waals surface area contributed by atoms with Gasteiger partial charge in [-0.05, 0) is 12.1 Å². The number of carbonyl (C=O) groups excluding carboxylic acids is 2. The molecule has 1 aliphatic heterocycles. The molecule has 1 aliphatic rings. The molecule has 1 saturated heterocycles. The van der Waals surface area contributed by atoms with E-state index in [1.54, 1.807) is 30.3 Å². The molecular weight excluding hydrogens is 198 g/mol. The van der Waals surface area contributed by atoms with E-state index in [0.717, 1.165) is 11.6 Å². The summed E-state index contributed by atoms with van der Waals surface area (Å²) in [5.41, 5.74) is 0. The van der Waals surface area contributed by atoms with Crippen molar-refractivity contribution < 1.29 is 19.1 Å². The molecular formula is C10H8NO4-. The van der Waals surface area contributed by atoms with Crippen molar-refractivity contribution in [1.82, 2.24) is 4.90 Å². The molecule has 0 radical (unpaired) electrons. The third-order valence-electron chi connectivity index (χ3n) is 1.80. The quantitative estimate of drug-likeness (QED) is 0.647. The molecule has 15 heavy (non-hydrogen) atoms. The fourth-order valence-electron chi connectivity index (χ4n) is 1.09. The monoisotopic (exact) mass is 206 g/mol. The number of ether oxygens (including phenoxy) is 2. The van der Waals surface area contributed by atoms with Crippen LogP contribution in [-0.2, 0) is 9.53 Å². The smallest absolute Gasteiger partial charge is 0.393 e. The van der Waals surface area contributed by atoms with E-state index in [4.69, 9.17) is 4.74 Å². The summed E-state index contributed by atoms with van der Waals surface area (Å²) < 4.78 is 9.60. The van der Waals surface area contributed by atoms with Crippen molar-refractivity contribution in [3.05, 3.63) is 37.1 Å². The molecule has 0 saturated carbocycles. The minimum absolute atomic E-state index is 0.121. The lowest BCUT2D eigenvalue weighted by Crippen LogP contribution is -2.32. The first kappa shape index (κ1) is 9.67. The summed E-state index contributed by atoms with van der Waals surface area (Å²) in [7, 11) is 0. The second-order valence-corrected chi connectivity index (χ2v) is 2.86. The van der Waals surface area contributed by atoms with E-state index in [1.807, 2.05) is 0 Å². The van der Waals surface area contributed by atoms with Crippen LogP contribution in [0.15, 0.2) is 30.3 Å². The summed E-state index contributed by atoms with van der Waals surface area (Å²) in [6, 6.07) is 8.51. The van der Waals surface area contributed by atoms with Crippen molar-refractivity contribution in [2.45, 2.75) is 0 Å². The number of rotatable bonds is 1. The average molecular weight is 206 g/mol. The number of para-hydroxylation sites is 1. The van der Waals surface area contributed by atoms with E-state index in [0.29, 0.717) is 5.75 Å². The Bertz CT molecular complexity index is 376. The Morgan fingerprint density at radius 3 is 2.73 bits per heavy atom. The maximum absolute atomic E-state index is 11.4. The molecule has 5 nitrogen and oxygen atoms in total. The molecule has 1 heterocycles. The molecule has 2 rings (SSSR count). The second-order valence-electron chi connectivity index (χ2n) is 2.86. The molecule has 2 amide bonds. The van der Waals surface area contributed by atoms with E-state index in [2.05, 4.69) is 4.74 Å². The van der Waals surface area contributed by atoms with Gasteiger partial charge in [0.05, 0.1) is 6.61 Å². The van der Waals surface area contributed by atoms with E-state index in [-0.39, 0.29) is 6.61 Å². The van der Waals surface area contributed by atoms with Gasteiger partial charge < -0.3 is 14.4 Å². The zero-order valence-corrected chi connectivity index (χ0v) is 7.75. The number of benzene rings is 1. The summed E-state index contributed by atoms with van der Waals surface area (Å²) in [5.74, 6) is -0.0495. The highest BCUT2D eigenvalue weighted by molar-refractivity contribution is 5.95. The van der Waals surface area contributed by atoms with Crippen LogP contribution in [0.5, 0.6) is 5.75 Å². The van der Waals surface area contributed by atoms with Crippen molar-refractivity contribution in [3.8, 4) is 5.75 Å². The normalized spacial score (nSPS) is 15.5. The standard InChI is InChI=1S/C10H8NO4/c12-9-6-14-7-11(9)10(13)15-8-4-2-1-3-5-8/h1-5,7H,6H2/q-1. The lowest BCUT2D eigenvalue weighted by atomic mass is 10.3. The zero-order valence-electron chi connectivity index (χ0n) is 7.75. The average Bonchev–Trinajstić information content (AvgIpc) is 2.66. The first-order valence-corrected chi connectivity index (χ1v) is 4.31. The van der Waals surface area contributed by atoms with Gasteiger partial charge in [0.15, 0.2) is 0 Å². The van der Waals surface area contributed by atoms with E-state index < -0.39 is 12.0 Å². The predicted octanol–water partition coefficient (Wildman–Crippen LogP) is 1.16. The Labute approximate surface area is 86.2 Å². The number of nitrogens with zero attached hydrogens (tertiary/aromatic N) is 1. The van der Waals surface area contributed by atoms with Crippen LogP contribution in [0.2, 0.25) is 0 Å². The number of amides is 2. The Morgan fingerprint density at radius 2 is 2.13 bits per heavy atom. The SMILES string of the molecule is O=C1CO[CH-]N1C(=O)Oc1ccccc1. The summed E-state index contributed by atoms with van der Waals surface area (Å²) >= 11 is 0. The largest absolute Gasteiger partial charge is 0.524 e. The summed E-state index contributed by atoms with van der Waals surface area (Å²) in [5, 5.41) is 0. The maximum atomic E-state index is 11.4. The fourth-order valence-corrected chi connectivity index (χ4v) is 1.09. The minimum atomic E-state index is -0.760. The molecule has 0 N–H and O–H groups in total. The van der Waals surface area contributed by atoms with Gasteiger partial charge in [0.2, 0.25) is 5.91 Å². The highest BCUT2D eigenvalue weighted by atomic mass is 16.6. The number of hydrogen-bond acceptors (Lipinski definition) is 4. The molecule has 5 heteroatoms. The van der Waals surface area contributed by atoms with Gasteiger partial charge in [0.25, 0.3) is 0 Å². The third-order valence-corrected chi connectivity index (χ3v) is 1.80. The van der Waals surface area contributed by atoms with Gasteiger partial charge in [-0.25, -0.2) is 4.79 Å². The molecule has 1 aromatic carbocycles. The van der Waals surface area contributed by atoms with Crippen LogP contribution < -0.4 is 4.74 Å². The van der Waals surface area contributed by atoms with Crippen molar-refractivity contribution in [1.29, 1.82) is 0 Å². The molecule has 0 spiro atoms. The third kappa shape index (κ3) is 2.13. The first-order chi connectivity index (χ1) is 7.27. The van der Waals surface area contributed by atoms with Crippen LogP contribution in [0.3, 0.4) is 0 Å². The molecule has 0 unspecified atom stereocenters. The lowest BCUT2D eigenvalue weighted by Gasteiger charge is -2.19. The summed E-state index contributed by atoms with van der Waals surface area (Å²) in [4.78, 5) is 23.3. The van der Waals surface area contributed by atoms with Gasteiger partial charge in [0.1, 0.15) is 5.75 Å². The van der Waals surface area contributed by atoms with Gasteiger partial charge in [0, 0.05) is 0 Å². The molecule has 0 atom stereocenters. The maximum Gasteiger partial charge on any atom is 0.393 e. The molecule has 0 aliphatic carbocycles. The van der Waals surface area contributed by atoms with Crippen molar-refractivity contribution in [2.24, 2.45) is 0 Å². The number of hydrogen-bond donors (Lipinski definition) is 0. The van der Waals surface area contributed by atoms with Gasteiger partial charge >= 0.3 is 6.09 Å². The van der Waals surface area contributed by atoms with Crippen LogP contribution in [0.25, 0.3) is 0 Å². The number of carbonyl (C=O) groups is 2. The Morgan fingerprint density at radius 1 is 1.40 bits per heavy atom. The van der Waals surface area contributed by atoms with Crippen LogP contribution in [-0.4, -0.2) is 23.5 Å². The topological polar surface area (TPSA) is 55.8 Å². The summed E-state index contributed by atoms with van der Waals surface area (Å²) in [6.45, 7) is 0.928. The molecule has 1 fully saturated rings. The summed E-state index contributed by atoms with van der Waals surface area (Å²) in [6.07, 6.45) is -0.760. The van der Waals surface area contributed by atoms with Crippen molar-refractivity contribution >= 4 is 12.0 Å². The van der Waals surface area contributed by atoms with Gasteiger partial charge in [-0.1, -0.05) is 18.2 Å². The second kappa shape index (κ2) is 4.10. The molecule has 0 aromatic heterocycles. The Balaban J connectivity index is 2.01. The van der Waals surface area contributed by atoms with Crippen molar-refractivity contribution in [2.75, 3.05) is 6.61 Å². The van der Waals surface area contributed by atoms with Crippen LogP contribution in [0.4, 0.5) is 4.79 Å². The lowest BCUT2D eigenvalue weighted by molar-refractivity contribution is -0.124. The van der Waals surface area contributed by atoms with Gasteiger partial charge in [-0.3, -0.25) is 4.79 Å². The molecule has 78 valence electrons. The fraction of sp³-hybridized carbons (Fsp3) is 0.100. The van der Waals surface area contributed by atoms with E-state index in [1.165, 1.54) is 0 Å². The highest BCUT2D eigenvalue weighted by Gasteiger charge is 2.20. The van der Waals surface area contributed by atoms with Crippen LogP contribution in [0, 0.1) is 6.73 Å². The predicted molar refractivity (Wildman–Crippen MR) is 49.6 cm³/mol. The first-order valence-electron chi connectivity index (χ1n) is 4.31. The van der Waals surface area contributed by atoms with Crippen LogP contribution >= 0.6 is 0 Å². The molecule has 1 aromatic rings. The zero-order chi connectivity index (χ0) is 10.7. The Kier molecular flexibility index (Phi) is 2.64. The minimum Gasteiger partial charge on any atom is -0.524 e. The van der Waals surface area contributed by atoms with E-state index in [9.17, 15) is 9.59 Å². The number of imide groups is 1. The Hall–Kier alpha value is -1.88. The van der Waals surface area contributed by atoms with Crippen molar-refractivity contribution in [3.63, 3.8) is 0 Å². The highest BCUT2D eigenvalue weighted by Crippen LogP contribution is 2.13.